The van der Waals surface area contributed by atoms with Gasteiger partial charge in [-0.3, -0.25) is 4.79 Å². The molecule has 1 atom stereocenters. The van der Waals surface area contributed by atoms with Crippen molar-refractivity contribution in [3.8, 4) is 0 Å². The number of amides is 1. The fourth-order valence-corrected chi connectivity index (χ4v) is 2.01. The van der Waals surface area contributed by atoms with Crippen molar-refractivity contribution in [2.45, 2.75) is 12.3 Å². The Bertz CT molecular complexity index is 326. The normalized spacial score (nSPS) is 19.5. The number of likely N-dealkylation sites (N-methyl/N-ethyl adjacent to an activating group) is 2. The number of thiol groups is 1. The van der Waals surface area contributed by atoms with E-state index in [9.17, 15) is 4.79 Å². The lowest BCUT2D eigenvalue weighted by Gasteiger charge is -2.29. The Balaban J connectivity index is 2.51. The first-order valence-electron chi connectivity index (χ1n) is 5.81. The summed E-state index contributed by atoms with van der Waals surface area (Å²) >= 11 is 4.47. The van der Waals surface area contributed by atoms with Crippen molar-refractivity contribution in [2.75, 3.05) is 33.7 Å². The average molecular weight is 255 g/mol. The molecule has 0 aromatic carbocycles. The molecule has 1 amide bonds. The van der Waals surface area contributed by atoms with Crippen LogP contribution >= 0.6 is 12.6 Å². The van der Waals surface area contributed by atoms with Gasteiger partial charge in [-0.1, -0.05) is 0 Å². The van der Waals surface area contributed by atoms with E-state index in [1.807, 2.05) is 49.2 Å². The maximum atomic E-state index is 11.9. The molecule has 0 fully saturated rings. The van der Waals surface area contributed by atoms with Crippen LogP contribution in [0.1, 0.15) is 6.92 Å². The van der Waals surface area contributed by atoms with Crippen molar-refractivity contribution in [3.63, 3.8) is 0 Å². The van der Waals surface area contributed by atoms with Gasteiger partial charge in [-0.2, -0.15) is 0 Å². The highest BCUT2D eigenvalue weighted by Crippen LogP contribution is 2.19. The van der Waals surface area contributed by atoms with Gasteiger partial charge in [0, 0.05) is 31.4 Å². The largest absolute Gasteiger partial charge is 0.362 e. The van der Waals surface area contributed by atoms with Crippen LogP contribution < -0.4 is 5.32 Å². The molecule has 1 aliphatic rings. The Morgan fingerprint density at radius 2 is 2.29 bits per heavy atom. The lowest BCUT2D eigenvalue weighted by Crippen LogP contribution is -2.39. The predicted molar refractivity (Wildman–Crippen MR) is 73.9 cm³/mol. The van der Waals surface area contributed by atoms with Crippen LogP contribution in [0.3, 0.4) is 0 Å². The molecule has 1 N–H and O–H groups in total. The molecule has 0 saturated heterocycles. The predicted octanol–water partition coefficient (Wildman–Crippen LogP) is 0.696. The standard InChI is InChI=1S/C12H21N3OS/c1-4-15-8-5-6-10(12(15)17)11(16)13-7-9-14(2)3/h5-6,8,12,17H,4,7,9H2,1-3H3,(H,13,16). The summed E-state index contributed by atoms with van der Waals surface area (Å²) in [6.07, 6.45) is 5.67. The smallest absolute Gasteiger partial charge is 0.250 e. The van der Waals surface area contributed by atoms with Gasteiger partial charge in [0.25, 0.3) is 0 Å². The Kier molecular flexibility index (Phi) is 5.58. The lowest BCUT2D eigenvalue weighted by molar-refractivity contribution is -0.117. The molecule has 0 bridgehead atoms. The highest BCUT2D eigenvalue weighted by atomic mass is 32.1. The number of hydrogen-bond donors (Lipinski definition) is 2. The van der Waals surface area contributed by atoms with Crippen LogP contribution in [0.4, 0.5) is 0 Å². The Morgan fingerprint density at radius 3 is 2.88 bits per heavy atom. The summed E-state index contributed by atoms with van der Waals surface area (Å²) in [5.41, 5.74) is 0.705. The Hall–Kier alpha value is -0.940. The van der Waals surface area contributed by atoms with E-state index in [1.165, 1.54) is 0 Å². The molecule has 0 saturated carbocycles. The quantitative estimate of drug-likeness (QED) is 0.710. The van der Waals surface area contributed by atoms with Crippen LogP contribution in [0.25, 0.3) is 0 Å². The molecule has 1 unspecified atom stereocenters. The molecule has 0 aromatic heterocycles. The van der Waals surface area contributed by atoms with E-state index in [-0.39, 0.29) is 11.3 Å². The first-order valence-corrected chi connectivity index (χ1v) is 6.33. The number of rotatable bonds is 5. The maximum Gasteiger partial charge on any atom is 0.250 e. The molecular weight excluding hydrogens is 234 g/mol. The van der Waals surface area contributed by atoms with Crippen molar-refractivity contribution in [1.29, 1.82) is 0 Å². The molecule has 1 heterocycles. The summed E-state index contributed by atoms with van der Waals surface area (Å²) in [5, 5.41) is 2.75. The van der Waals surface area contributed by atoms with Gasteiger partial charge in [-0.25, -0.2) is 0 Å². The fourth-order valence-electron chi connectivity index (χ4n) is 1.57. The minimum absolute atomic E-state index is 0.0327. The van der Waals surface area contributed by atoms with E-state index >= 15 is 0 Å². The van der Waals surface area contributed by atoms with Crippen LogP contribution in [0.2, 0.25) is 0 Å². The summed E-state index contributed by atoms with van der Waals surface area (Å²) in [4.78, 5) is 16.0. The molecule has 0 radical (unpaired) electrons. The summed E-state index contributed by atoms with van der Waals surface area (Å²) in [6, 6.07) is 0. The van der Waals surface area contributed by atoms with Gasteiger partial charge in [0.15, 0.2) is 0 Å². The number of hydrogen-bond acceptors (Lipinski definition) is 4. The van der Waals surface area contributed by atoms with Crippen LogP contribution in [0.15, 0.2) is 23.9 Å². The van der Waals surface area contributed by atoms with Crippen LogP contribution in [0.5, 0.6) is 0 Å². The van der Waals surface area contributed by atoms with E-state index in [2.05, 4.69) is 17.9 Å². The van der Waals surface area contributed by atoms with Gasteiger partial charge in [0.05, 0.1) is 0 Å². The number of nitrogens with zero attached hydrogens (tertiary/aromatic N) is 2. The number of nitrogens with one attached hydrogen (secondary N) is 1. The zero-order valence-corrected chi connectivity index (χ0v) is 11.6. The Morgan fingerprint density at radius 1 is 1.59 bits per heavy atom. The molecule has 0 aromatic rings. The number of carbonyl (C=O) groups is 1. The van der Waals surface area contributed by atoms with E-state index in [4.69, 9.17) is 0 Å². The van der Waals surface area contributed by atoms with Crippen molar-refractivity contribution < 1.29 is 4.79 Å². The van der Waals surface area contributed by atoms with Gasteiger partial charge in [-0.05, 0) is 33.2 Å². The van der Waals surface area contributed by atoms with Gasteiger partial charge >= 0.3 is 0 Å². The van der Waals surface area contributed by atoms with Gasteiger partial charge < -0.3 is 15.1 Å². The second kappa shape index (κ2) is 6.71. The first kappa shape index (κ1) is 14.1. The zero-order chi connectivity index (χ0) is 12.8. The van der Waals surface area contributed by atoms with E-state index in [1.54, 1.807) is 0 Å². The van der Waals surface area contributed by atoms with E-state index in [0.29, 0.717) is 12.1 Å². The number of allylic oxidation sites excluding steroid dienone is 2. The SMILES string of the molecule is CCN1C=CC=C(C(=O)NCCN(C)C)C1S. The minimum Gasteiger partial charge on any atom is -0.362 e. The van der Waals surface area contributed by atoms with Crippen molar-refractivity contribution in [2.24, 2.45) is 0 Å². The molecular formula is C12H21N3OS. The van der Waals surface area contributed by atoms with Crippen molar-refractivity contribution in [3.05, 3.63) is 23.9 Å². The zero-order valence-electron chi connectivity index (χ0n) is 10.7. The minimum atomic E-state index is -0.149. The average Bonchev–Trinajstić information content (AvgIpc) is 2.28. The van der Waals surface area contributed by atoms with Gasteiger partial charge in [-0.15, -0.1) is 12.6 Å². The highest BCUT2D eigenvalue weighted by Gasteiger charge is 2.22. The monoisotopic (exact) mass is 255 g/mol. The molecule has 96 valence electrons. The van der Waals surface area contributed by atoms with E-state index < -0.39 is 0 Å². The van der Waals surface area contributed by atoms with E-state index in [0.717, 1.165) is 13.1 Å². The van der Waals surface area contributed by atoms with Crippen LogP contribution in [0, 0.1) is 0 Å². The third-order valence-electron chi connectivity index (χ3n) is 2.62. The van der Waals surface area contributed by atoms with Crippen molar-refractivity contribution in [1.82, 2.24) is 15.1 Å². The summed E-state index contributed by atoms with van der Waals surface area (Å²) in [6.45, 7) is 4.37. The third kappa shape index (κ3) is 4.09. The summed E-state index contributed by atoms with van der Waals surface area (Å²) in [7, 11) is 3.96. The highest BCUT2D eigenvalue weighted by molar-refractivity contribution is 7.81. The lowest BCUT2D eigenvalue weighted by atomic mass is 10.1. The molecule has 1 aliphatic heterocycles. The Labute approximate surface area is 109 Å². The second-order valence-corrected chi connectivity index (χ2v) is 4.72. The second-order valence-electron chi connectivity index (χ2n) is 4.23. The first-order chi connectivity index (χ1) is 8.06. The maximum absolute atomic E-state index is 11.9. The van der Waals surface area contributed by atoms with Crippen LogP contribution in [-0.2, 0) is 4.79 Å². The summed E-state index contributed by atoms with van der Waals surface area (Å²) < 4.78 is 0. The molecule has 0 aliphatic carbocycles. The molecule has 0 spiro atoms. The van der Waals surface area contributed by atoms with Gasteiger partial charge in [0.1, 0.15) is 5.37 Å². The summed E-state index contributed by atoms with van der Waals surface area (Å²) in [5.74, 6) is -0.0327. The van der Waals surface area contributed by atoms with Crippen LogP contribution in [-0.4, -0.2) is 54.8 Å². The van der Waals surface area contributed by atoms with Crippen molar-refractivity contribution >= 4 is 18.5 Å². The fraction of sp³-hybridized carbons (Fsp3) is 0.583. The topological polar surface area (TPSA) is 35.6 Å². The third-order valence-corrected chi connectivity index (χ3v) is 3.19. The van der Waals surface area contributed by atoms with Gasteiger partial charge in [0.2, 0.25) is 5.91 Å². The molecule has 4 nitrogen and oxygen atoms in total. The molecule has 5 heteroatoms. The molecule has 1 rings (SSSR count). The molecule has 17 heavy (non-hydrogen) atoms. The number of carbonyl (C=O) groups excluding carboxylic acids is 1.